The first-order valence-corrected chi connectivity index (χ1v) is 6.13. The predicted molar refractivity (Wildman–Crippen MR) is 71.4 cm³/mol. The second-order valence-electron chi connectivity index (χ2n) is 5.65. The molecule has 2 unspecified atom stereocenters. The quantitative estimate of drug-likeness (QED) is 0.903. The number of para-hydroxylation sites is 1. The molecule has 0 aliphatic carbocycles. The molecule has 0 spiro atoms. The average Bonchev–Trinajstić information content (AvgIpc) is 2.71. The summed E-state index contributed by atoms with van der Waals surface area (Å²) in [6.45, 7) is 6.10. The van der Waals surface area contributed by atoms with Crippen LogP contribution < -0.4 is 0 Å². The molecule has 2 rings (SSSR count). The fourth-order valence-corrected chi connectivity index (χ4v) is 2.25. The van der Waals surface area contributed by atoms with Gasteiger partial charge in [-0.05, 0) is 17.5 Å². The molecule has 0 bridgehead atoms. The van der Waals surface area contributed by atoms with Gasteiger partial charge in [-0.2, -0.15) is 0 Å². The molecule has 1 aromatic heterocycles. The number of aliphatic hydroxyl groups is 1. The molecular weight excluding hydrogens is 228 g/mol. The topological polar surface area (TPSA) is 42.6 Å². The Balaban J connectivity index is 2.35. The van der Waals surface area contributed by atoms with E-state index in [-0.39, 0.29) is 11.5 Å². The third-order valence-electron chi connectivity index (χ3n) is 3.13. The van der Waals surface area contributed by atoms with Gasteiger partial charge in [-0.15, -0.1) is 0 Å². The predicted octanol–water partition coefficient (Wildman–Crippen LogP) is 3.53. The van der Waals surface area contributed by atoms with Crippen molar-refractivity contribution in [2.45, 2.75) is 33.0 Å². The summed E-state index contributed by atoms with van der Waals surface area (Å²) in [5.74, 6) is 0.554. The lowest BCUT2D eigenvalue weighted by atomic mass is 9.85. The molecule has 0 amide bonds. The molecule has 0 saturated carbocycles. The average molecular weight is 248 g/mol. The number of fused-ring (bicyclic) bond motifs is 1. The van der Waals surface area contributed by atoms with Crippen molar-refractivity contribution in [2.75, 3.05) is 7.11 Å². The van der Waals surface area contributed by atoms with Crippen molar-refractivity contribution in [3.05, 3.63) is 36.1 Å². The molecule has 1 heterocycles. The second kappa shape index (κ2) is 4.75. The third kappa shape index (κ3) is 2.42. The summed E-state index contributed by atoms with van der Waals surface area (Å²) in [5.41, 5.74) is 0.628. The number of ether oxygens (including phenoxy) is 1. The van der Waals surface area contributed by atoms with E-state index in [4.69, 9.17) is 9.15 Å². The van der Waals surface area contributed by atoms with Crippen molar-refractivity contribution in [2.24, 2.45) is 5.41 Å². The molecule has 2 aromatic rings. The van der Waals surface area contributed by atoms with Crippen LogP contribution in [0.1, 0.15) is 32.6 Å². The lowest BCUT2D eigenvalue weighted by Crippen LogP contribution is -2.34. The van der Waals surface area contributed by atoms with Crippen molar-refractivity contribution in [3.63, 3.8) is 0 Å². The molecule has 0 fully saturated rings. The SMILES string of the molecule is COC(C(O)c1cc2ccccc2o1)C(C)(C)C. The van der Waals surface area contributed by atoms with Gasteiger partial charge in [0.25, 0.3) is 0 Å². The van der Waals surface area contributed by atoms with Gasteiger partial charge in [0.15, 0.2) is 0 Å². The Hall–Kier alpha value is -1.32. The lowest BCUT2D eigenvalue weighted by Gasteiger charge is -2.32. The third-order valence-corrected chi connectivity index (χ3v) is 3.13. The molecule has 2 atom stereocenters. The van der Waals surface area contributed by atoms with Gasteiger partial charge in [-0.3, -0.25) is 0 Å². The Kier molecular flexibility index (Phi) is 3.46. The highest BCUT2D eigenvalue weighted by molar-refractivity contribution is 5.77. The number of hydrogen-bond acceptors (Lipinski definition) is 3. The number of furan rings is 1. The number of hydrogen-bond donors (Lipinski definition) is 1. The highest BCUT2D eigenvalue weighted by Gasteiger charge is 2.34. The smallest absolute Gasteiger partial charge is 0.138 e. The van der Waals surface area contributed by atoms with Gasteiger partial charge in [0.1, 0.15) is 17.4 Å². The molecule has 18 heavy (non-hydrogen) atoms. The van der Waals surface area contributed by atoms with Crippen LogP contribution >= 0.6 is 0 Å². The summed E-state index contributed by atoms with van der Waals surface area (Å²) < 4.78 is 11.1. The van der Waals surface area contributed by atoms with Crippen molar-refractivity contribution < 1.29 is 14.3 Å². The Bertz CT molecular complexity index is 489. The summed E-state index contributed by atoms with van der Waals surface area (Å²) in [7, 11) is 1.61. The van der Waals surface area contributed by atoms with Crippen LogP contribution in [0.25, 0.3) is 11.0 Å². The van der Waals surface area contributed by atoms with Gasteiger partial charge in [0, 0.05) is 12.5 Å². The lowest BCUT2D eigenvalue weighted by molar-refractivity contribution is -0.0793. The maximum Gasteiger partial charge on any atom is 0.138 e. The second-order valence-corrected chi connectivity index (χ2v) is 5.65. The zero-order valence-corrected chi connectivity index (χ0v) is 11.3. The first-order chi connectivity index (χ1) is 8.43. The maximum atomic E-state index is 10.4. The Morgan fingerprint density at radius 3 is 2.44 bits per heavy atom. The van der Waals surface area contributed by atoms with Gasteiger partial charge in [0.05, 0.1) is 6.10 Å². The fourth-order valence-electron chi connectivity index (χ4n) is 2.25. The number of aliphatic hydroxyl groups excluding tert-OH is 1. The fraction of sp³-hybridized carbons (Fsp3) is 0.467. The van der Waals surface area contributed by atoms with Crippen LogP contribution in [0.2, 0.25) is 0 Å². The van der Waals surface area contributed by atoms with Crippen LogP contribution in [0.5, 0.6) is 0 Å². The molecule has 3 nitrogen and oxygen atoms in total. The molecule has 3 heteroatoms. The van der Waals surface area contributed by atoms with E-state index in [9.17, 15) is 5.11 Å². The number of methoxy groups -OCH3 is 1. The minimum Gasteiger partial charge on any atom is -0.458 e. The van der Waals surface area contributed by atoms with E-state index in [2.05, 4.69) is 0 Å². The minimum atomic E-state index is -0.762. The first-order valence-electron chi connectivity index (χ1n) is 6.13. The van der Waals surface area contributed by atoms with E-state index in [0.29, 0.717) is 5.76 Å². The maximum absolute atomic E-state index is 10.4. The Morgan fingerprint density at radius 1 is 1.22 bits per heavy atom. The zero-order valence-electron chi connectivity index (χ0n) is 11.3. The molecule has 1 aromatic carbocycles. The summed E-state index contributed by atoms with van der Waals surface area (Å²) in [6, 6.07) is 9.60. The summed E-state index contributed by atoms with van der Waals surface area (Å²) in [6.07, 6.45) is -1.07. The van der Waals surface area contributed by atoms with Gasteiger partial charge < -0.3 is 14.3 Å². The largest absolute Gasteiger partial charge is 0.458 e. The van der Waals surface area contributed by atoms with Crippen LogP contribution in [-0.4, -0.2) is 18.3 Å². The van der Waals surface area contributed by atoms with Gasteiger partial charge in [-0.25, -0.2) is 0 Å². The van der Waals surface area contributed by atoms with Gasteiger partial charge in [-0.1, -0.05) is 39.0 Å². The van der Waals surface area contributed by atoms with Crippen molar-refractivity contribution in [3.8, 4) is 0 Å². The molecule has 1 N–H and O–H groups in total. The van der Waals surface area contributed by atoms with Crippen molar-refractivity contribution >= 4 is 11.0 Å². The molecular formula is C15H20O3. The molecule has 0 saturated heterocycles. The van der Waals surface area contributed by atoms with E-state index < -0.39 is 6.10 Å². The van der Waals surface area contributed by atoms with Crippen LogP contribution in [0, 0.1) is 5.41 Å². The van der Waals surface area contributed by atoms with Crippen LogP contribution in [-0.2, 0) is 4.74 Å². The van der Waals surface area contributed by atoms with E-state index in [1.165, 1.54) is 0 Å². The Morgan fingerprint density at radius 2 is 1.89 bits per heavy atom. The van der Waals surface area contributed by atoms with Gasteiger partial charge >= 0.3 is 0 Å². The van der Waals surface area contributed by atoms with Crippen LogP contribution in [0.3, 0.4) is 0 Å². The minimum absolute atomic E-state index is 0.160. The van der Waals surface area contributed by atoms with Crippen molar-refractivity contribution in [1.82, 2.24) is 0 Å². The Labute approximate surface area is 107 Å². The molecule has 0 radical (unpaired) electrons. The highest BCUT2D eigenvalue weighted by Crippen LogP contribution is 2.34. The number of rotatable bonds is 3. The monoisotopic (exact) mass is 248 g/mol. The normalized spacial score (nSPS) is 15.8. The summed E-state index contributed by atoms with van der Waals surface area (Å²) in [5, 5.41) is 11.4. The standard InChI is InChI=1S/C15H20O3/c1-15(2,3)14(17-4)13(16)12-9-10-7-5-6-8-11(10)18-12/h5-9,13-14,16H,1-4H3. The van der Waals surface area contributed by atoms with E-state index in [1.807, 2.05) is 51.1 Å². The molecule has 0 aliphatic heterocycles. The van der Waals surface area contributed by atoms with E-state index in [0.717, 1.165) is 11.0 Å². The van der Waals surface area contributed by atoms with Crippen LogP contribution in [0.4, 0.5) is 0 Å². The molecule has 98 valence electrons. The number of benzene rings is 1. The highest BCUT2D eigenvalue weighted by atomic mass is 16.5. The van der Waals surface area contributed by atoms with E-state index in [1.54, 1.807) is 7.11 Å². The zero-order chi connectivity index (χ0) is 13.3. The van der Waals surface area contributed by atoms with Gasteiger partial charge in [0.2, 0.25) is 0 Å². The van der Waals surface area contributed by atoms with Crippen molar-refractivity contribution in [1.29, 1.82) is 0 Å². The van der Waals surface area contributed by atoms with E-state index >= 15 is 0 Å². The summed E-state index contributed by atoms with van der Waals surface area (Å²) in [4.78, 5) is 0. The first kappa shape index (κ1) is 13.1. The summed E-state index contributed by atoms with van der Waals surface area (Å²) >= 11 is 0. The van der Waals surface area contributed by atoms with Crippen LogP contribution in [0.15, 0.2) is 34.7 Å². The molecule has 0 aliphatic rings.